The van der Waals surface area contributed by atoms with Crippen molar-refractivity contribution in [1.82, 2.24) is 9.69 Å². The third-order valence-electron chi connectivity index (χ3n) is 3.92. The zero-order valence-corrected chi connectivity index (χ0v) is 17.6. The van der Waals surface area contributed by atoms with E-state index in [4.69, 9.17) is 21.7 Å². The van der Waals surface area contributed by atoms with Gasteiger partial charge in [0.2, 0.25) is 5.88 Å². The molecular weight excluding hydrogens is 415 g/mol. The highest BCUT2D eigenvalue weighted by Crippen LogP contribution is 2.35. The Balaban J connectivity index is 1.81. The van der Waals surface area contributed by atoms with E-state index in [9.17, 15) is 9.50 Å². The standard InChI is InChI=1S/C20H20ClFN4O2S/c1-10(2)24-18(23)17-19(27)26-29-20(17)25-15-6-5-13(8-11(15)3)28-16-7-4-12(22)9-14(16)21/h4-10,25H,1-3H3,(H2,23,24)(H,26,27). The van der Waals surface area contributed by atoms with Gasteiger partial charge in [0.25, 0.3) is 0 Å². The van der Waals surface area contributed by atoms with E-state index in [2.05, 4.69) is 15.0 Å². The van der Waals surface area contributed by atoms with Crippen molar-refractivity contribution in [3.8, 4) is 17.4 Å². The quantitative estimate of drug-likeness (QED) is 0.290. The fourth-order valence-corrected chi connectivity index (χ4v) is 3.52. The van der Waals surface area contributed by atoms with E-state index >= 15 is 0 Å². The third-order valence-corrected chi connectivity index (χ3v) is 4.97. The van der Waals surface area contributed by atoms with Crippen molar-refractivity contribution < 1.29 is 14.2 Å². The Bertz CT molecular complexity index is 1050. The SMILES string of the molecule is Cc1cc(Oc2ccc(F)cc2Cl)ccc1Nc1snc(O)c1C(=N)NC(C)C. The van der Waals surface area contributed by atoms with Gasteiger partial charge >= 0.3 is 0 Å². The number of hydrogen-bond donors (Lipinski definition) is 4. The molecule has 1 heterocycles. The molecule has 1 aromatic heterocycles. The maximum absolute atomic E-state index is 13.2. The van der Waals surface area contributed by atoms with Crippen LogP contribution in [0.15, 0.2) is 36.4 Å². The number of ether oxygens (including phenoxy) is 1. The Morgan fingerprint density at radius 1 is 1.28 bits per heavy atom. The van der Waals surface area contributed by atoms with Crippen LogP contribution in [0.2, 0.25) is 5.02 Å². The summed E-state index contributed by atoms with van der Waals surface area (Å²) < 4.78 is 22.9. The first-order valence-corrected chi connectivity index (χ1v) is 9.94. The Morgan fingerprint density at radius 2 is 2.03 bits per heavy atom. The van der Waals surface area contributed by atoms with Crippen LogP contribution in [0, 0.1) is 18.2 Å². The van der Waals surface area contributed by atoms with E-state index in [1.54, 1.807) is 12.1 Å². The number of amidine groups is 1. The monoisotopic (exact) mass is 434 g/mol. The van der Waals surface area contributed by atoms with E-state index in [0.717, 1.165) is 22.8 Å². The molecule has 0 aliphatic carbocycles. The van der Waals surface area contributed by atoms with Crippen molar-refractivity contribution in [1.29, 1.82) is 5.41 Å². The molecule has 0 bridgehead atoms. The topological polar surface area (TPSA) is 90.3 Å². The number of nitrogens with one attached hydrogen (secondary N) is 3. The number of nitrogens with zero attached hydrogens (tertiary/aromatic N) is 1. The normalized spacial score (nSPS) is 10.8. The van der Waals surface area contributed by atoms with Crippen LogP contribution in [0.3, 0.4) is 0 Å². The first kappa shape index (κ1) is 20.9. The number of aromatic nitrogens is 1. The first-order chi connectivity index (χ1) is 13.7. The molecule has 0 saturated carbocycles. The average molecular weight is 435 g/mol. The van der Waals surface area contributed by atoms with Gasteiger partial charge in [-0.05, 0) is 74.3 Å². The Labute approximate surface area is 177 Å². The van der Waals surface area contributed by atoms with Crippen molar-refractivity contribution in [2.45, 2.75) is 26.8 Å². The highest BCUT2D eigenvalue weighted by Gasteiger charge is 2.19. The second-order valence-electron chi connectivity index (χ2n) is 6.66. The van der Waals surface area contributed by atoms with Crippen LogP contribution in [0.4, 0.5) is 15.1 Å². The van der Waals surface area contributed by atoms with Crippen LogP contribution in [-0.2, 0) is 0 Å². The molecule has 0 atom stereocenters. The van der Waals surface area contributed by atoms with Gasteiger partial charge in [-0.1, -0.05) is 11.6 Å². The van der Waals surface area contributed by atoms with Gasteiger partial charge in [-0.25, -0.2) is 4.39 Å². The van der Waals surface area contributed by atoms with Gasteiger partial charge in [-0.2, -0.15) is 4.37 Å². The summed E-state index contributed by atoms with van der Waals surface area (Å²) in [5.41, 5.74) is 1.95. The third kappa shape index (κ3) is 4.96. The van der Waals surface area contributed by atoms with E-state index in [1.165, 1.54) is 18.2 Å². The van der Waals surface area contributed by atoms with Crippen molar-refractivity contribution in [3.63, 3.8) is 0 Å². The summed E-state index contributed by atoms with van der Waals surface area (Å²) in [6.07, 6.45) is 0. The highest BCUT2D eigenvalue weighted by molar-refractivity contribution is 7.11. The summed E-state index contributed by atoms with van der Waals surface area (Å²) in [6, 6.07) is 9.35. The highest BCUT2D eigenvalue weighted by atomic mass is 35.5. The maximum atomic E-state index is 13.2. The molecule has 3 rings (SSSR count). The molecule has 3 aromatic rings. The summed E-state index contributed by atoms with van der Waals surface area (Å²) in [7, 11) is 0. The van der Waals surface area contributed by atoms with E-state index in [1.807, 2.05) is 26.8 Å². The van der Waals surface area contributed by atoms with Crippen LogP contribution < -0.4 is 15.4 Å². The summed E-state index contributed by atoms with van der Waals surface area (Å²) in [6.45, 7) is 5.71. The maximum Gasteiger partial charge on any atom is 0.236 e. The van der Waals surface area contributed by atoms with Crippen molar-refractivity contribution in [2.75, 3.05) is 5.32 Å². The van der Waals surface area contributed by atoms with Crippen LogP contribution in [0.25, 0.3) is 0 Å². The molecule has 0 amide bonds. The lowest BCUT2D eigenvalue weighted by Crippen LogP contribution is -2.30. The number of aryl methyl sites for hydroxylation is 1. The minimum absolute atomic E-state index is 0.0473. The van der Waals surface area contributed by atoms with Crippen LogP contribution in [0.1, 0.15) is 25.0 Å². The van der Waals surface area contributed by atoms with Crippen LogP contribution >= 0.6 is 23.1 Å². The first-order valence-electron chi connectivity index (χ1n) is 8.79. The Kier molecular flexibility index (Phi) is 6.24. The Morgan fingerprint density at radius 3 is 2.69 bits per heavy atom. The molecule has 0 spiro atoms. The number of rotatable bonds is 6. The fraction of sp³-hybridized carbons (Fsp3) is 0.200. The molecule has 6 nitrogen and oxygen atoms in total. The lowest BCUT2D eigenvalue weighted by atomic mass is 10.2. The predicted octanol–water partition coefficient (Wildman–Crippen LogP) is 5.81. The molecule has 0 fully saturated rings. The van der Waals surface area contributed by atoms with Gasteiger partial charge in [0.15, 0.2) is 0 Å². The lowest BCUT2D eigenvalue weighted by molar-refractivity contribution is 0.458. The summed E-state index contributed by atoms with van der Waals surface area (Å²) in [5, 5.41) is 25.1. The van der Waals surface area contributed by atoms with Crippen molar-refractivity contribution in [3.05, 3.63) is 58.4 Å². The zero-order valence-electron chi connectivity index (χ0n) is 16.0. The van der Waals surface area contributed by atoms with Gasteiger partial charge in [-0.15, -0.1) is 0 Å². The smallest absolute Gasteiger partial charge is 0.236 e. The lowest BCUT2D eigenvalue weighted by Gasteiger charge is -2.14. The van der Waals surface area contributed by atoms with E-state index in [-0.39, 0.29) is 22.8 Å². The molecule has 0 aliphatic heterocycles. The summed E-state index contributed by atoms with van der Waals surface area (Å²) in [4.78, 5) is 0. The molecule has 0 unspecified atom stereocenters. The molecule has 0 saturated heterocycles. The zero-order chi connectivity index (χ0) is 21.1. The van der Waals surface area contributed by atoms with Gasteiger partial charge in [-0.3, -0.25) is 5.41 Å². The molecule has 0 aliphatic rings. The van der Waals surface area contributed by atoms with Crippen LogP contribution in [-0.4, -0.2) is 21.4 Å². The van der Waals surface area contributed by atoms with Gasteiger partial charge in [0.1, 0.15) is 33.7 Å². The van der Waals surface area contributed by atoms with Crippen molar-refractivity contribution in [2.24, 2.45) is 0 Å². The minimum Gasteiger partial charge on any atom is -0.492 e. The van der Waals surface area contributed by atoms with Gasteiger partial charge in [0.05, 0.1) is 5.02 Å². The number of aromatic hydroxyl groups is 1. The summed E-state index contributed by atoms with van der Waals surface area (Å²) in [5.74, 6) is 0.370. The molecule has 152 valence electrons. The number of benzene rings is 2. The number of halogens is 2. The van der Waals surface area contributed by atoms with E-state index in [0.29, 0.717) is 22.1 Å². The summed E-state index contributed by atoms with van der Waals surface area (Å²) >= 11 is 7.08. The molecule has 4 N–H and O–H groups in total. The second-order valence-corrected chi connectivity index (χ2v) is 7.84. The van der Waals surface area contributed by atoms with Crippen LogP contribution in [0.5, 0.6) is 17.4 Å². The Hall–Kier alpha value is -2.84. The molecule has 29 heavy (non-hydrogen) atoms. The molecule has 2 aromatic carbocycles. The van der Waals surface area contributed by atoms with E-state index < -0.39 is 5.82 Å². The van der Waals surface area contributed by atoms with Crippen molar-refractivity contribution >= 4 is 39.7 Å². The average Bonchev–Trinajstić information content (AvgIpc) is 2.99. The molecule has 0 radical (unpaired) electrons. The van der Waals surface area contributed by atoms with Gasteiger partial charge < -0.3 is 20.5 Å². The minimum atomic E-state index is -0.431. The molecule has 9 heteroatoms. The largest absolute Gasteiger partial charge is 0.492 e. The fourth-order valence-electron chi connectivity index (χ4n) is 2.60. The van der Waals surface area contributed by atoms with Gasteiger partial charge in [0, 0.05) is 11.7 Å². The second kappa shape index (κ2) is 8.67. The molecular formula is C20H20ClFN4O2S. The predicted molar refractivity (Wildman–Crippen MR) is 115 cm³/mol. The number of anilines is 2. The number of hydrogen-bond acceptors (Lipinski definition) is 6.